The van der Waals surface area contributed by atoms with Gasteiger partial charge in [0, 0.05) is 37.2 Å². The van der Waals surface area contributed by atoms with Crippen molar-refractivity contribution in [1.82, 2.24) is 24.8 Å². The monoisotopic (exact) mass is 667 g/mol. The summed E-state index contributed by atoms with van der Waals surface area (Å²) in [7, 11) is 0. The van der Waals surface area contributed by atoms with Crippen LogP contribution in [0.4, 0.5) is 32.2 Å². The number of alkyl halides is 6. The van der Waals surface area contributed by atoms with E-state index in [1.54, 1.807) is 6.33 Å². The largest absolute Gasteiger partial charge is 0.493 e. The number of ether oxygens (including phenoxy) is 1. The molecule has 0 unspecified atom stereocenters. The Hall–Kier alpha value is -4.37. The van der Waals surface area contributed by atoms with Gasteiger partial charge in [-0.05, 0) is 38.8 Å². The quantitative estimate of drug-likeness (QED) is 0.238. The first-order valence-electron chi connectivity index (χ1n) is 13.0. The van der Waals surface area contributed by atoms with Gasteiger partial charge in [0.2, 0.25) is 0 Å². The summed E-state index contributed by atoms with van der Waals surface area (Å²) >= 11 is 6.54. The van der Waals surface area contributed by atoms with Gasteiger partial charge < -0.3 is 25.3 Å². The number of fused-ring (bicyclic) bond motifs is 1. The zero-order chi connectivity index (χ0) is 34.1. The number of anilines is 1. The number of rotatable bonds is 8. The van der Waals surface area contributed by atoms with Gasteiger partial charge in [0.15, 0.2) is 11.5 Å². The fourth-order valence-corrected chi connectivity index (χ4v) is 4.31. The van der Waals surface area contributed by atoms with Crippen LogP contribution in [-0.2, 0) is 16.0 Å². The van der Waals surface area contributed by atoms with Gasteiger partial charge in [-0.25, -0.2) is 24.5 Å². The lowest BCUT2D eigenvalue weighted by molar-refractivity contribution is -0.193. The number of nitrogens with zero attached hydrogens (tertiary/aromatic N) is 5. The van der Waals surface area contributed by atoms with E-state index in [0.717, 1.165) is 30.0 Å². The van der Waals surface area contributed by atoms with Crippen LogP contribution in [0.5, 0.6) is 5.75 Å². The third-order valence-corrected chi connectivity index (χ3v) is 6.48. The number of hydrogen-bond acceptors (Lipinski definition) is 9. The lowest BCUT2D eigenvalue weighted by Crippen LogP contribution is -2.49. The highest BCUT2D eigenvalue weighted by Gasteiger charge is 2.39. The van der Waals surface area contributed by atoms with E-state index >= 15 is 0 Å². The van der Waals surface area contributed by atoms with E-state index in [1.165, 1.54) is 6.33 Å². The van der Waals surface area contributed by atoms with Crippen LogP contribution in [-0.4, -0.2) is 91.6 Å². The number of likely N-dealkylation sites (tertiary alicyclic amines) is 1. The molecule has 1 aliphatic rings. The van der Waals surface area contributed by atoms with E-state index in [1.807, 2.05) is 13.0 Å². The van der Waals surface area contributed by atoms with Gasteiger partial charge in [0.05, 0.1) is 23.5 Å². The number of benzene rings is 1. The van der Waals surface area contributed by atoms with Crippen molar-refractivity contribution in [3.05, 3.63) is 40.4 Å². The smallest absolute Gasteiger partial charge is 0.490 e. The number of aromatic nitrogens is 4. The van der Waals surface area contributed by atoms with Crippen LogP contribution in [0, 0.1) is 11.3 Å². The molecule has 4 rings (SSSR count). The van der Waals surface area contributed by atoms with Crippen LogP contribution in [0.15, 0.2) is 18.7 Å². The molecular formula is C26H28ClF6N7O5. The minimum atomic E-state index is -5.08. The number of carboxylic acids is 2. The van der Waals surface area contributed by atoms with Gasteiger partial charge in [-0.3, -0.25) is 4.90 Å². The first-order chi connectivity index (χ1) is 20.9. The maximum Gasteiger partial charge on any atom is 0.490 e. The average Bonchev–Trinajstić information content (AvgIpc) is 3.39. The first-order valence-corrected chi connectivity index (χ1v) is 13.4. The third kappa shape index (κ3) is 10.1. The second-order valence-electron chi connectivity index (χ2n) is 9.53. The minimum Gasteiger partial charge on any atom is -0.493 e. The zero-order valence-electron chi connectivity index (χ0n) is 23.9. The fraction of sp³-hybridized carbons (Fsp3) is 0.462. The highest BCUT2D eigenvalue weighted by atomic mass is 35.5. The predicted octanol–water partition coefficient (Wildman–Crippen LogP) is 5.01. The molecule has 3 aromatic rings. The molecule has 1 saturated heterocycles. The van der Waals surface area contributed by atoms with Gasteiger partial charge in [0.25, 0.3) is 0 Å². The molecule has 1 fully saturated rings. The van der Waals surface area contributed by atoms with E-state index < -0.39 is 24.3 Å². The summed E-state index contributed by atoms with van der Waals surface area (Å²) in [4.78, 5) is 35.9. The summed E-state index contributed by atoms with van der Waals surface area (Å²) in [5, 5.41) is 27.9. The number of nitrogens with one attached hydrogen (secondary N) is 2. The molecule has 19 heteroatoms. The van der Waals surface area contributed by atoms with Crippen molar-refractivity contribution >= 4 is 40.5 Å². The number of aromatic amines is 1. The fourth-order valence-electron chi connectivity index (χ4n) is 4.04. The van der Waals surface area contributed by atoms with Gasteiger partial charge in [-0.15, -0.1) is 0 Å². The number of aliphatic carboxylic acids is 2. The van der Waals surface area contributed by atoms with Crippen molar-refractivity contribution in [1.29, 1.82) is 5.26 Å². The molecule has 1 aromatic carbocycles. The highest BCUT2D eigenvalue weighted by Crippen LogP contribution is 2.42. The molecule has 3 heterocycles. The number of hydrogen-bond donors (Lipinski definition) is 4. The Kier molecular flexibility index (Phi) is 12.7. The molecule has 0 bridgehead atoms. The average molecular weight is 668 g/mol. The van der Waals surface area contributed by atoms with Crippen LogP contribution in [0.2, 0.25) is 5.02 Å². The van der Waals surface area contributed by atoms with Crippen LogP contribution < -0.4 is 10.1 Å². The molecule has 246 valence electrons. The van der Waals surface area contributed by atoms with Gasteiger partial charge in [0.1, 0.15) is 23.7 Å². The SMILES string of the molecule is CCOc1c(CCNc2ncnc3[nH]cnc23)cc(Cl)c(C#N)c1C1CN(C(C)C)C1.O=C(O)C(F)(F)F.O=C(O)C(F)(F)F. The molecule has 0 saturated carbocycles. The summed E-state index contributed by atoms with van der Waals surface area (Å²) in [6.07, 6.45) is -6.39. The topological polar surface area (TPSA) is 177 Å². The van der Waals surface area contributed by atoms with Crippen molar-refractivity contribution in [3.8, 4) is 11.8 Å². The van der Waals surface area contributed by atoms with Gasteiger partial charge in [-0.1, -0.05) is 11.6 Å². The molecular weight excluding hydrogens is 640 g/mol. The number of H-pyrrole nitrogens is 1. The molecule has 0 spiro atoms. The Balaban J connectivity index is 0.000000421. The second-order valence-corrected chi connectivity index (χ2v) is 9.94. The summed E-state index contributed by atoms with van der Waals surface area (Å²) in [6.45, 7) is 9.28. The Bertz CT molecular complexity index is 1490. The molecule has 4 N–H and O–H groups in total. The summed E-state index contributed by atoms with van der Waals surface area (Å²) in [6, 6.07) is 4.65. The van der Waals surface area contributed by atoms with Crippen LogP contribution in [0.25, 0.3) is 11.2 Å². The number of carboxylic acid groups (broad SMARTS) is 2. The molecule has 0 atom stereocenters. The van der Waals surface area contributed by atoms with E-state index in [4.69, 9.17) is 36.1 Å². The maximum absolute atomic E-state index is 10.6. The molecule has 1 aliphatic heterocycles. The van der Waals surface area contributed by atoms with Crippen LogP contribution in [0.3, 0.4) is 0 Å². The summed E-state index contributed by atoms with van der Waals surface area (Å²) < 4.78 is 69.6. The van der Waals surface area contributed by atoms with Crippen LogP contribution >= 0.6 is 11.6 Å². The maximum atomic E-state index is 10.6. The Labute approximate surface area is 257 Å². The molecule has 0 amide bonds. The normalized spacial score (nSPS) is 13.6. The van der Waals surface area contributed by atoms with Crippen molar-refractivity contribution in [3.63, 3.8) is 0 Å². The molecule has 2 aromatic heterocycles. The summed E-state index contributed by atoms with van der Waals surface area (Å²) in [5.41, 5.74) is 3.86. The predicted molar refractivity (Wildman–Crippen MR) is 148 cm³/mol. The van der Waals surface area contributed by atoms with E-state index in [9.17, 15) is 31.6 Å². The number of imidazole rings is 1. The van der Waals surface area contributed by atoms with E-state index in [0.29, 0.717) is 53.2 Å². The Morgan fingerprint density at radius 2 is 1.73 bits per heavy atom. The molecule has 0 aliphatic carbocycles. The second kappa shape index (κ2) is 15.6. The number of halogens is 7. The van der Waals surface area contributed by atoms with Crippen molar-refractivity contribution < 1.29 is 50.9 Å². The lowest BCUT2D eigenvalue weighted by Gasteiger charge is -2.43. The number of carbonyl (C=O) groups is 2. The lowest BCUT2D eigenvalue weighted by atomic mass is 9.85. The van der Waals surface area contributed by atoms with E-state index in [-0.39, 0.29) is 5.92 Å². The van der Waals surface area contributed by atoms with E-state index in [2.05, 4.69) is 50.1 Å². The highest BCUT2D eigenvalue weighted by molar-refractivity contribution is 6.32. The third-order valence-electron chi connectivity index (χ3n) is 6.18. The van der Waals surface area contributed by atoms with Crippen LogP contribution in [0.1, 0.15) is 43.4 Å². The van der Waals surface area contributed by atoms with Crippen molar-refractivity contribution in [2.75, 3.05) is 31.6 Å². The minimum absolute atomic E-state index is 0.245. The zero-order valence-corrected chi connectivity index (χ0v) is 24.7. The van der Waals surface area contributed by atoms with Gasteiger partial charge in [-0.2, -0.15) is 31.6 Å². The van der Waals surface area contributed by atoms with Crippen molar-refractivity contribution in [2.24, 2.45) is 0 Å². The summed E-state index contributed by atoms with van der Waals surface area (Å²) in [5.74, 6) is -3.79. The Morgan fingerprint density at radius 1 is 1.16 bits per heavy atom. The molecule has 0 radical (unpaired) electrons. The van der Waals surface area contributed by atoms with Crippen molar-refractivity contribution in [2.45, 2.75) is 51.5 Å². The first kappa shape index (κ1) is 36.8. The van der Waals surface area contributed by atoms with Gasteiger partial charge >= 0.3 is 24.3 Å². The standard InChI is InChI=1S/C22H26ClN7O.2C2HF3O2/c1-4-31-20-14(5-6-25-21-19-22(27-11-26-19)29-12-28-21)7-17(23)16(8-24)18(20)15-9-30(10-15)13(2)3;2*3-2(4,5)1(6)7/h7,11-13,15H,4-6,9-10H2,1-3H3,(H2,25,26,27,28,29);2*(H,6,7). The Morgan fingerprint density at radius 3 is 2.22 bits per heavy atom. The number of nitriles is 1. The molecule has 45 heavy (non-hydrogen) atoms. The molecule has 12 nitrogen and oxygen atoms in total.